The summed E-state index contributed by atoms with van der Waals surface area (Å²) in [6.07, 6.45) is 3.77. The summed E-state index contributed by atoms with van der Waals surface area (Å²) < 4.78 is 0. The lowest BCUT2D eigenvalue weighted by Crippen LogP contribution is -2.48. The molecule has 1 unspecified atom stereocenters. The fraction of sp³-hybridized carbons (Fsp3) is 0.462. The molecule has 0 aromatic heterocycles. The van der Waals surface area contributed by atoms with Crippen LogP contribution in [0.15, 0.2) is 60.7 Å². The Morgan fingerprint density at radius 2 is 1.56 bits per heavy atom. The number of likely N-dealkylation sites (tertiary alicyclic amines) is 2. The summed E-state index contributed by atoms with van der Waals surface area (Å²) in [5.74, 6) is -1.20. The number of rotatable bonds is 8. The summed E-state index contributed by atoms with van der Waals surface area (Å²) in [7, 11) is 0. The number of carboxylic acid groups (broad SMARTS) is 1. The fourth-order valence-electron chi connectivity index (χ4n) is 5.28. The van der Waals surface area contributed by atoms with Gasteiger partial charge in [0.1, 0.15) is 6.04 Å². The molecule has 170 valence electrons. The summed E-state index contributed by atoms with van der Waals surface area (Å²) >= 11 is 0. The Hall–Kier alpha value is -2.70. The fourth-order valence-corrected chi connectivity index (χ4v) is 5.28. The number of benzene rings is 2. The molecule has 2 aliphatic rings. The zero-order chi connectivity index (χ0) is 22.4. The summed E-state index contributed by atoms with van der Waals surface area (Å²) in [5.41, 5.74) is 2.49. The van der Waals surface area contributed by atoms with Gasteiger partial charge in [-0.2, -0.15) is 0 Å². The number of nitrogens with one attached hydrogen (secondary N) is 1. The van der Waals surface area contributed by atoms with Gasteiger partial charge in [0, 0.05) is 26.1 Å². The average molecular weight is 436 g/mol. The molecule has 32 heavy (non-hydrogen) atoms. The molecule has 2 saturated heterocycles. The van der Waals surface area contributed by atoms with Gasteiger partial charge in [-0.15, -0.1) is 0 Å². The van der Waals surface area contributed by atoms with Crippen LogP contribution in [0.4, 0.5) is 0 Å². The van der Waals surface area contributed by atoms with Gasteiger partial charge < -0.3 is 10.4 Å². The molecule has 1 amide bonds. The van der Waals surface area contributed by atoms with E-state index in [2.05, 4.69) is 45.4 Å². The van der Waals surface area contributed by atoms with Crippen LogP contribution in [0.5, 0.6) is 0 Å². The highest BCUT2D eigenvalue weighted by Gasteiger charge is 2.41. The van der Waals surface area contributed by atoms with Gasteiger partial charge in [-0.3, -0.25) is 14.6 Å². The van der Waals surface area contributed by atoms with Crippen LogP contribution < -0.4 is 5.32 Å². The van der Waals surface area contributed by atoms with Crippen LogP contribution in [0.2, 0.25) is 0 Å². The van der Waals surface area contributed by atoms with Crippen molar-refractivity contribution in [2.24, 2.45) is 5.41 Å². The van der Waals surface area contributed by atoms with E-state index in [4.69, 9.17) is 0 Å². The highest BCUT2D eigenvalue weighted by molar-refractivity contribution is 5.84. The minimum absolute atomic E-state index is 0.206. The van der Waals surface area contributed by atoms with Crippen LogP contribution in [0.3, 0.4) is 0 Å². The summed E-state index contributed by atoms with van der Waals surface area (Å²) in [6.45, 7) is 5.22. The molecule has 6 nitrogen and oxygen atoms in total. The van der Waals surface area contributed by atoms with E-state index in [0.29, 0.717) is 6.42 Å². The van der Waals surface area contributed by atoms with E-state index < -0.39 is 12.0 Å². The normalized spacial score (nSPS) is 22.6. The van der Waals surface area contributed by atoms with Crippen molar-refractivity contribution in [2.75, 3.05) is 32.7 Å². The first-order valence-corrected chi connectivity index (χ1v) is 11.6. The number of hydrogen-bond acceptors (Lipinski definition) is 4. The van der Waals surface area contributed by atoms with Gasteiger partial charge in [-0.1, -0.05) is 60.7 Å². The van der Waals surface area contributed by atoms with Crippen LogP contribution in [-0.2, 0) is 22.6 Å². The van der Waals surface area contributed by atoms with Crippen molar-refractivity contribution in [1.29, 1.82) is 0 Å². The van der Waals surface area contributed by atoms with E-state index in [1.54, 1.807) is 0 Å². The molecule has 2 aromatic rings. The maximum atomic E-state index is 12.7. The topological polar surface area (TPSA) is 72.9 Å². The van der Waals surface area contributed by atoms with Crippen LogP contribution in [-0.4, -0.2) is 65.5 Å². The first-order valence-electron chi connectivity index (χ1n) is 11.6. The Kier molecular flexibility index (Phi) is 7.22. The molecule has 0 bridgehead atoms. The minimum Gasteiger partial charge on any atom is -0.480 e. The number of carbonyl (C=O) groups is 2. The number of carbonyl (C=O) groups excluding carboxylic acids is 1. The van der Waals surface area contributed by atoms with Crippen molar-refractivity contribution in [2.45, 2.75) is 38.3 Å². The van der Waals surface area contributed by atoms with Gasteiger partial charge >= 0.3 is 5.97 Å². The lowest BCUT2D eigenvalue weighted by molar-refractivity contribution is -0.141. The monoisotopic (exact) mass is 435 g/mol. The second kappa shape index (κ2) is 10.3. The van der Waals surface area contributed by atoms with E-state index in [1.807, 2.05) is 30.3 Å². The van der Waals surface area contributed by atoms with E-state index in [-0.39, 0.29) is 17.9 Å². The van der Waals surface area contributed by atoms with E-state index >= 15 is 0 Å². The van der Waals surface area contributed by atoms with E-state index in [1.165, 1.54) is 18.4 Å². The number of nitrogens with zero attached hydrogens (tertiary/aromatic N) is 2. The van der Waals surface area contributed by atoms with Crippen molar-refractivity contribution < 1.29 is 14.7 Å². The molecule has 6 heteroatoms. The van der Waals surface area contributed by atoms with E-state index in [0.717, 1.165) is 44.7 Å². The first-order chi connectivity index (χ1) is 15.5. The second-order valence-corrected chi connectivity index (χ2v) is 9.41. The molecule has 2 fully saturated rings. The number of carboxylic acids is 1. The second-order valence-electron chi connectivity index (χ2n) is 9.41. The average Bonchev–Trinajstić information content (AvgIpc) is 3.15. The van der Waals surface area contributed by atoms with Gasteiger partial charge in [0.15, 0.2) is 0 Å². The Balaban J connectivity index is 1.29. The maximum absolute atomic E-state index is 12.7. The summed E-state index contributed by atoms with van der Waals surface area (Å²) in [6, 6.07) is 19.1. The quantitative estimate of drug-likeness (QED) is 0.667. The predicted octanol–water partition coefficient (Wildman–Crippen LogP) is 2.79. The van der Waals surface area contributed by atoms with Crippen LogP contribution >= 0.6 is 0 Å². The molecule has 0 aliphatic carbocycles. The van der Waals surface area contributed by atoms with Crippen molar-refractivity contribution in [3.05, 3.63) is 71.8 Å². The first kappa shape index (κ1) is 22.5. The molecule has 1 spiro atoms. The molecule has 2 aromatic carbocycles. The molecule has 0 radical (unpaired) electrons. The Morgan fingerprint density at radius 1 is 0.906 bits per heavy atom. The van der Waals surface area contributed by atoms with Crippen molar-refractivity contribution in [3.8, 4) is 0 Å². The molecule has 2 heterocycles. The van der Waals surface area contributed by atoms with E-state index in [9.17, 15) is 14.7 Å². The molecule has 2 aliphatic heterocycles. The smallest absolute Gasteiger partial charge is 0.326 e. The third kappa shape index (κ3) is 5.96. The largest absolute Gasteiger partial charge is 0.480 e. The van der Waals surface area contributed by atoms with Gasteiger partial charge in [-0.25, -0.2) is 4.79 Å². The lowest BCUT2D eigenvalue weighted by Gasteiger charge is -2.40. The van der Waals surface area contributed by atoms with Gasteiger partial charge in [0.05, 0.1) is 6.54 Å². The molecule has 2 atom stereocenters. The van der Waals surface area contributed by atoms with Crippen molar-refractivity contribution in [3.63, 3.8) is 0 Å². The standard InChI is InChI=1S/C26H33N3O3/c30-24(27-23(25(31)32)16-21-8-3-1-4-9-21)18-29-15-13-26(20-29)12-7-14-28(19-26)17-22-10-5-2-6-11-22/h1-6,8-11,23H,7,12-20H2,(H,27,30)(H,31,32)/t23-,26?/m0/s1. The van der Waals surface area contributed by atoms with Gasteiger partial charge in [-0.05, 0) is 48.9 Å². The molecular weight excluding hydrogens is 402 g/mol. The zero-order valence-corrected chi connectivity index (χ0v) is 18.6. The number of amides is 1. The molecule has 2 N–H and O–H groups in total. The number of aliphatic carboxylic acids is 1. The minimum atomic E-state index is -0.996. The SMILES string of the molecule is O=C(CN1CCC2(CCCN(Cc3ccccc3)C2)C1)N[C@@H](Cc1ccccc1)C(=O)O. The Bertz CT molecular complexity index is 905. The Labute approximate surface area is 190 Å². The Morgan fingerprint density at radius 3 is 2.25 bits per heavy atom. The number of piperidine rings is 1. The summed E-state index contributed by atoms with van der Waals surface area (Å²) in [4.78, 5) is 29.1. The van der Waals surface area contributed by atoms with Crippen LogP contribution in [0.1, 0.15) is 30.4 Å². The van der Waals surface area contributed by atoms with Gasteiger partial charge in [0.2, 0.25) is 5.91 Å². The van der Waals surface area contributed by atoms with Crippen LogP contribution in [0, 0.1) is 5.41 Å². The summed E-state index contributed by atoms with van der Waals surface area (Å²) in [5, 5.41) is 12.3. The van der Waals surface area contributed by atoms with Gasteiger partial charge in [0.25, 0.3) is 0 Å². The zero-order valence-electron chi connectivity index (χ0n) is 18.6. The number of hydrogen-bond donors (Lipinski definition) is 2. The van der Waals surface area contributed by atoms with Crippen molar-refractivity contribution >= 4 is 11.9 Å². The molecule has 4 rings (SSSR count). The molecule has 0 saturated carbocycles. The highest BCUT2D eigenvalue weighted by atomic mass is 16.4. The third-order valence-corrected chi connectivity index (χ3v) is 6.79. The third-order valence-electron chi connectivity index (χ3n) is 6.79. The van der Waals surface area contributed by atoms with Crippen molar-refractivity contribution in [1.82, 2.24) is 15.1 Å². The maximum Gasteiger partial charge on any atom is 0.326 e. The highest BCUT2D eigenvalue weighted by Crippen LogP contribution is 2.39. The molecular formula is C26H33N3O3. The van der Waals surface area contributed by atoms with Crippen LogP contribution in [0.25, 0.3) is 0 Å². The lowest BCUT2D eigenvalue weighted by atomic mass is 9.79. The predicted molar refractivity (Wildman–Crippen MR) is 124 cm³/mol.